The Morgan fingerprint density at radius 1 is 1.17 bits per heavy atom. The number of rotatable bonds is 3. The first-order valence-corrected chi connectivity index (χ1v) is 5.58. The Morgan fingerprint density at radius 2 is 2.00 bits per heavy atom. The average Bonchev–Trinajstić information content (AvgIpc) is 2.62. The molecule has 1 heteroatoms. The summed E-state index contributed by atoms with van der Waals surface area (Å²) in [4.78, 5) is 0. The lowest BCUT2D eigenvalue weighted by atomic mass is 9.83. The standard InChI is InChI=1S/C11H21N/c1-3-9-5-8-6-10(9)11(7-8)12-4-2/h8-12H,3-7H2,1-2H3. The van der Waals surface area contributed by atoms with E-state index in [2.05, 4.69) is 19.2 Å². The third-order valence-electron chi connectivity index (χ3n) is 3.94. The highest BCUT2D eigenvalue weighted by Crippen LogP contribution is 2.49. The van der Waals surface area contributed by atoms with Gasteiger partial charge in [-0.15, -0.1) is 0 Å². The summed E-state index contributed by atoms with van der Waals surface area (Å²) in [6.07, 6.45) is 5.93. The molecule has 0 aliphatic heterocycles. The molecule has 0 amide bonds. The van der Waals surface area contributed by atoms with Crippen LogP contribution in [0.5, 0.6) is 0 Å². The van der Waals surface area contributed by atoms with Gasteiger partial charge in [0.1, 0.15) is 0 Å². The monoisotopic (exact) mass is 167 g/mol. The fourth-order valence-corrected chi connectivity index (χ4v) is 3.46. The molecule has 70 valence electrons. The van der Waals surface area contributed by atoms with Crippen LogP contribution in [0.3, 0.4) is 0 Å². The van der Waals surface area contributed by atoms with Gasteiger partial charge in [-0.05, 0) is 43.6 Å². The lowest BCUT2D eigenvalue weighted by Gasteiger charge is -2.29. The van der Waals surface area contributed by atoms with E-state index in [0.717, 1.165) is 30.3 Å². The van der Waals surface area contributed by atoms with Crippen molar-refractivity contribution < 1.29 is 0 Å². The topological polar surface area (TPSA) is 12.0 Å². The smallest absolute Gasteiger partial charge is 0.0101 e. The Hall–Kier alpha value is -0.0400. The Labute approximate surface area is 75.9 Å². The number of hydrogen-bond acceptors (Lipinski definition) is 1. The molecular formula is C11H21N. The van der Waals surface area contributed by atoms with Crippen molar-refractivity contribution in [2.45, 2.75) is 45.6 Å². The molecule has 0 radical (unpaired) electrons. The van der Waals surface area contributed by atoms with E-state index in [4.69, 9.17) is 0 Å². The maximum Gasteiger partial charge on any atom is 0.0101 e. The first kappa shape index (κ1) is 8.55. The van der Waals surface area contributed by atoms with Crippen molar-refractivity contribution in [3.63, 3.8) is 0 Å². The highest BCUT2D eigenvalue weighted by atomic mass is 14.9. The van der Waals surface area contributed by atoms with E-state index in [-0.39, 0.29) is 0 Å². The molecule has 2 aliphatic carbocycles. The van der Waals surface area contributed by atoms with Crippen LogP contribution in [0.2, 0.25) is 0 Å². The zero-order valence-corrected chi connectivity index (χ0v) is 8.34. The zero-order chi connectivity index (χ0) is 8.55. The summed E-state index contributed by atoms with van der Waals surface area (Å²) in [6, 6.07) is 0.874. The Balaban J connectivity index is 1.95. The van der Waals surface area contributed by atoms with Crippen molar-refractivity contribution in [2.75, 3.05) is 6.54 Å². The lowest BCUT2D eigenvalue weighted by Crippen LogP contribution is -2.37. The van der Waals surface area contributed by atoms with Crippen LogP contribution in [0, 0.1) is 17.8 Å². The fraction of sp³-hybridized carbons (Fsp3) is 1.00. The molecule has 12 heavy (non-hydrogen) atoms. The molecule has 2 bridgehead atoms. The summed E-state index contributed by atoms with van der Waals surface area (Å²) in [5.41, 5.74) is 0. The molecule has 2 fully saturated rings. The van der Waals surface area contributed by atoms with Gasteiger partial charge in [0.25, 0.3) is 0 Å². The highest BCUT2D eigenvalue weighted by Gasteiger charge is 2.44. The Morgan fingerprint density at radius 3 is 2.58 bits per heavy atom. The molecule has 2 rings (SSSR count). The van der Waals surface area contributed by atoms with Gasteiger partial charge < -0.3 is 5.32 Å². The molecule has 4 unspecified atom stereocenters. The van der Waals surface area contributed by atoms with Gasteiger partial charge in [0, 0.05) is 6.04 Å². The van der Waals surface area contributed by atoms with Crippen LogP contribution in [0.1, 0.15) is 39.5 Å². The zero-order valence-electron chi connectivity index (χ0n) is 8.34. The quantitative estimate of drug-likeness (QED) is 0.680. The van der Waals surface area contributed by atoms with Crippen LogP contribution < -0.4 is 5.32 Å². The van der Waals surface area contributed by atoms with E-state index in [0.29, 0.717) is 0 Å². The molecular weight excluding hydrogens is 146 g/mol. The van der Waals surface area contributed by atoms with Crippen LogP contribution >= 0.6 is 0 Å². The second-order valence-electron chi connectivity index (χ2n) is 4.57. The minimum Gasteiger partial charge on any atom is -0.314 e. The second kappa shape index (κ2) is 3.37. The third kappa shape index (κ3) is 1.28. The largest absolute Gasteiger partial charge is 0.314 e. The minimum absolute atomic E-state index is 0.874. The molecule has 0 aromatic heterocycles. The summed E-state index contributed by atoms with van der Waals surface area (Å²) in [5, 5.41) is 3.64. The molecule has 1 N–H and O–H groups in total. The first-order chi connectivity index (χ1) is 5.85. The van der Waals surface area contributed by atoms with Crippen molar-refractivity contribution in [2.24, 2.45) is 17.8 Å². The van der Waals surface area contributed by atoms with Gasteiger partial charge in [-0.3, -0.25) is 0 Å². The molecule has 4 atom stereocenters. The third-order valence-corrected chi connectivity index (χ3v) is 3.94. The van der Waals surface area contributed by atoms with Crippen molar-refractivity contribution in [1.82, 2.24) is 5.32 Å². The van der Waals surface area contributed by atoms with Crippen LogP contribution in [0.15, 0.2) is 0 Å². The van der Waals surface area contributed by atoms with Gasteiger partial charge >= 0.3 is 0 Å². The summed E-state index contributed by atoms with van der Waals surface area (Å²) in [6.45, 7) is 5.74. The van der Waals surface area contributed by atoms with E-state index in [1.165, 1.54) is 25.7 Å². The van der Waals surface area contributed by atoms with Crippen molar-refractivity contribution >= 4 is 0 Å². The maximum absolute atomic E-state index is 3.64. The molecule has 0 aromatic carbocycles. The molecule has 2 aliphatic rings. The average molecular weight is 167 g/mol. The predicted octanol–water partition coefficient (Wildman–Crippen LogP) is 2.42. The Bertz CT molecular complexity index is 153. The van der Waals surface area contributed by atoms with Gasteiger partial charge in [-0.2, -0.15) is 0 Å². The fourth-order valence-electron chi connectivity index (χ4n) is 3.46. The van der Waals surface area contributed by atoms with E-state index >= 15 is 0 Å². The normalized spacial score (nSPS) is 45.5. The van der Waals surface area contributed by atoms with Gasteiger partial charge in [0.2, 0.25) is 0 Å². The molecule has 1 nitrogen and oxygen atoms in total. The van der Waals surface area contributed by atoms with Crippen LogP contribution in [-0.2, 0) is 0 Å². The lowest BCUT2D eigenvalue weighted by molar-refractivity contribution is 0.256. The van der Waals surface area contributed by atoms with E-state index in [1.807, 2.05) is 0 Å². The van der Waals surface area contributed by atoms with E-state index < -0.39 is 0 Å². The van der Waals surface area contributed by atoms with Crippen LogP contribution in [-0.4, -0.2) is 12.6 Å². The summed E-state index contributed by atoms with van der Waals surface area (Å²) >= 11 is 0. The summed E-state index contributed by atoms with van der Waals surface area (Å²) in [7, 11) is 0. The minimum atomic E-state index is 0.874. The Kier molecular flexibility index (Phi) is 2.40. The highest BCUT2D eigenvalue weighted by molar-refractivity contribution is 4.98. The number of nitrogens with one attached hydrogen (secondary N) is 1. The maximum atomic E-state index is 3.64. The van der Waals surface area contributed by atoms with E-state index in [9.17, 15) is 0 Å². The molecule has 2 saturated carbocycles. The second-order valence-corrected chi connectivity index (χ2v) is 4.57. The van der Waals surface area contributed by atoms with Gasteiger partial charge in [-0.25, -0.2) is 0 Å². The first-order valence-electron chi connectivity index (χ1n) is 5.58. The van der Waals surface area contributed by atoms with Gasteiger partial charge in [0.05, 0.1) is 0 Å². The summed E-state index contributed by atoms with van der Waals surface area (Å²) < 4.78 is 0. The number of hydrogen-bond donors (Lipinski definition) is 1. The van der Waals surface area contributed by atoms with Gasteiger partial charge in [0.15, 0.2) is 0 Å². The molecule has 0 spiro atoms. The predicted molar refractivity (Wildman–Crippen MR) is 52.1 cm³/mol. The van der Waals surface area contributed by atoms with Crippen LogP contribution in [0.25, 0.3) is 0 Å². The molecule has 0 heterocycles. The van der Waals surface area contributed by atoms with Crippen LogP contribution in [0.4, 0.5) is 0 Å². The van der Waals surface area contributed by atoms with Crippen molar-refractivity contribution in [3.05, 3.63) is 0 Å². The van der Waals surface area contributed by atoms with E-state index in [1.54, 1.807) is 0 Å². The number of fused-ring (bicyclic) bond motifs is 2. The molecule has 0 aromatic rings. The van der Waals surface area contributed by atoms with Gasteiger partial charge in [-0.1, -0.05) is 20.3 Å². The van der Waals surface area contributed by atoms with Crippen molar-refractivity contribution in [1.29, 1.82) is 0 Å². The van der Waals surface area contributed by atoms with Crippen molar-refractivity contribution in [3.8, 4) is 0 Å². The molecule has 0 saturated heterocycles. The summed E-state index contributed by atoms with van der Waals surface area (Å²) in [5.74, 6) is 3.15. The SMILES string of the molecule is CCNC1CC2CC(CC)C1C2.